The van der Waals surface area contributed by atoms with Gasteiger partial charge in [-0.25, -0.2) is 4.99 Å². The molecule has 0 unspecified atom stereocenters. The molecule has 0 saturated carbocycles. The summed E-state index contributed by atoms with van der Waals surface area (Å²) in [7, 11) is 0. The Hall–Kier alpha value is -6.25. The quantitative estimate of drug-likeness (QED) is 0.187. The lowest BCUT2D eigenvalue weighted by molar-refractivity contribution is 0.753. The third-order valence-corrected chi connectivity index (χ3v) is 11.0. The van der Waals surface area contributed by atoms with Gasteiger partial charge in [-0.1, -0.05) is 127 Å². The molecule has 0 amide bonds. The van der Waals surface area contributed by atoms with E-state index in [0.29, 0.717) is 0 Å². The van der Waals surface area contributed by atoms with E-state index in [-0.39, 0.29) is 0 Å². The van der Waals surface area contributed by atoms with Crippen LogP contribution in [-0.4, -0.2) is 0 Å². The van der Waals surface area contributed by atoms with Gasteiger partial charge >= 0.3 is 0 Å². The molecule has 0 bridgehead atoms. The average Bonchev–Trinajstić information content (AvgIpc) is 3.69. The second-order valence-corrected chi connectivity index (χ2v) is 13.4. The summed E-state index contributed by atoms with van der Waals surface area (Å²) in [6.07, 6.45) is 7.65. The monoisotopic (exact) mass is 622 g/mol. The highest BCUT2D eigenvalue weighted by Gasteiger charge is 2.51. The van der Waals surface area contributed by atoms with Crippen molar-refractivity contribution >= 4 is 33.4 Å². The normalized spacial score (nSPS) is 15.6. The Labute approximate surface area is 285 Å². The number of rotatable bonds is 2. The first-order valence-electron chi connectivity index (χ1n) is 17.1. The first-order chi connectivity index (χ1) is 24.3. The van der Waals surface area contributed by atoms with Crippen molar-refractivity contribution in [1.82, 2.24) is 0 Å². The van der Waals surface area contributed by atoms with Crippen molar-refractivity contribution in [3.8, 4) is 22.3 Å². The first kappa shape index (κ1) is 26.8. The summed E-state index contributed by atoms with van der Waals surface area (Å²) in [4.78, 5) is 7.36. The van der Waals surface area contributed by atoms with E-state index in [2.05, 4.69) is 175 Å². The maximum Gasteiger partial charge on any atom is 0.0754 e. The highest BCUT2D eigenvalue weighted by molar-refractivity contribution is 5.98. The van der Waals surface area contributed by atoms with Crippen LogP contribution >= 0.6 is 0 Å². The Morgan fingerprint density at radius 3 is 2.04 bits per heavy atom. The number of hydrogen-bond acceptors (Lipinski definition) is 2. The van der Waals surface area contributed by atoms with E-state index in [4.69, 9.17) is 4.99 Å². The number of benzene rings is 7. The number of nitrogens with zero attached hydrogens (tertiary/aromatic N) is 2. The van der Waals surface area contributed by atoms with Crippen molar-refractivity contribution in [3.05, 3.63) is 208 Å². The Bertz CT molecular complexity index is 2700. The number of allylic oxidation sites excluding steroid dienone is 3. The van der Waals surface area contributed by atoms with E-state index in [9.17, 15) is 0 Å². The minimum atomic E-state index is -0.438. The second-order valence-electron chi connectivity index (χ2n) is 13.4. The van der Waals surface area contributed by atoms with E-state index < -0.39 is 5.41 Å². The molecule has 7 aromatic rings. The Morgan fingerprint density at radius 1 is 0.551 bits per heavy atom. The lowest BCUT2D eigenvalue weighted by Crippen LogP contribution is -2.36. The molecule has 0 fully saturated rings. The van der Waals surface area contributed by atoms with E-state index in [0.717, 1.165) is 17.5 Å². The molecular formula is C47H30N2. The first-order valence-corrected chi connectivity index (χ1v) is 17.1. The predicted octanol–water partition coefficient (Wildman–Crippen LogP) is 10.3. The fraction of sp³-hybridized carbons (Fsp3) is 0.0426. The number of para-hydroxylation sites is 3. The molecule has 0 N–H and O–H groups in total. The van der Waals surface area contributed by atoms with Gasteiger partial charge in [-0.05, 0) is 104 Å². The molecule has 4 aliphatic rings. The fourth-order valence-corrected chi connectivity index (χ4v) is 9.03. The molecule has 2 nitrogen and oxygen atoms in total. The van der Waals surface area contributed by atoms with Crippen LogP contribution in [0.15, 0.2) is 181 Å². The van der Waals surface area contributed by atoms with E-state index in [1.807, 2.05) is 0 Å². The summed E-state index contributed by atoms with van der Waals surface area (Å²) in [5.41, 5.74) is 15.9. The molecule has 11 rings (SSSR count). The maximum absolute atomic E-state index is 4.93. The van der Waals surface area contributed by atoms with Crippen LogP contribution in [0.25, 0.3) is 38.6 Å². The van der Waals surface area contributed by atoms with Crippen molar-refractivity contribution in [2.45, 2.75) is 11.8 Å². The highest BCUT2D eigenvalue weighted by atomic mass is 15.2. The predicted molar refractivity (Wildman–Crippen MR) is 201 cm³/mol. The van der Waals surface area contributed by atoms with Crippen molar-refractivity contribution < 1.29 is 0 Å². The summed E-state index contributed by atoms with van der Waals surface area (Å²) in [5.74, 6) is 0. The molecule has 2 heteroatoms. The van der Waals surface area contributed by atoms with Gasteiger partial charge in [0.25, 0.3) is 0 Å². The van der Waals surface area contributed by atoms with Gasteiger partial charge in [-0.15, -0.1) is 0 Å². The molecule has 2 aliphatic carbocycles. The summed E-state index contributed by atoms with van der Waals surface area (Å²) < 4.78 is 0. The van der Waals surface area contributed by atoms with Crippen LogP contribution < -0.4 is 15.5 Å². The van der Waals surface area contributed by atoms with Crippen LogP contribution in [0, 0.1) is 0 Å². The van der Waals surface area contributed by atoms with Gasteiger partial charge in [0.15, 0.2) is 0 Å². The minimum absolute atomic E-state index is 0.438. The largest absolute Gasteiger partial charge is 0.310 e. The minimum Gasteiger partial charge on any atom is -0.310 e. The average molecular weight is 623 g/mol. The van der Waals surface area contributed by atoms with Gasteiger partial charge < -0.3 is 4.90 Å². The van der Waals surface area contributed by atoms with Crippen molar-refractivity contribution in [1.29, 1.82) is 0 Å². The molecule has 2 heterocycles. The third-order valence-electron chi connectivity index (χ3n) is 11.0. The zero-order valence-corrected chi connectivity index (χ0v) is 26.8. The zero-order valence-electron chi connectivity index (χ0n) is 26.8. The topological polar surface area (TPSA) is 15.6 Å². The molecule has 1 spiro atoms. The van der Waals surface area contributed by atoms with Gasteiger partial charge in [0.05, 0.1) is 27.8 Å². The summed E-state index contributed by atoms with van der Waals surface area (Å²) in [6.45, 7) is 0. The summed E-state index contributed by atoms with van der Waals surface area (Å²) >= 11 is 0. The smallest absolute Gasteiger partial charge is 0.0754 e. The number of hydrogen-bond donors (Lipinski definition) is 0. The van der Waals surface area contributed by atoms with Crippen LogP contribution in [0.2, 0.25) is 0 Å². The van der Waals surface area contributed by atoms with Crippen molar-refractivity contribution in [3.63, 3.8) is 0 Å². The fourth-order valence-electron chi connectivity index (χ4n) is 9.03. The van der Waals surface area contributed by atoms with Gasteiger partial charge in [-0.2, -0.15) is 0 Å². The SMILES string of the molecule is C1=CC2=c3c(ccc4cc(-c5ccc6c(c5)-c5ccccc5C65c6ccccc6N(c6ccccc6)c6ccccc65)ccc34)=NC2=CC1. The number of fused-ring (bicyclic) bond motifs is 13. The van der Waals surface area contributed by atoms with Gasteiger partial charge in [-0.3, -0.25) is 0 Å². The second kappa shape index (κ2) is 9.88. The van der Waals surface area contributed by atoms with Crippen LogP contribution in [0.1, 0.15) is 28.7 Å². The van der Waals surface area contributed by atoms with Gasteiger partial charge in [0.1, 0.15) is 0 Å². The number of anilines is 3. The molecule has 0 aromatic heterocycles. The molecule has 2 aliphatic heterocycles. The summed E-state index contributed by atoms with van der Waals surface area (Å²) in [6, 6.07) is 56.3. The van der Waals surface area contributed by atoms with Crippen LogP contribution in [0.4, 0.5) is 17.1 Å². The maximum atomic E-state index is 4.93. The standard InChI is InChI=1S/C47H30N2/c1-2-12-33(13-3-1)49-44-20-10-7-17-40(44)47(41-18-8-11-21-45(41)49)38-16-6-4-14-35(38)37-29-31(23-26-39(37)47)30-22-25-34-32(28-30)24-27-43-46(34)36-15-5-9-19-42(36)48-43/h1-8,10-29H,9H2. The van der Waals surface area contributed by atoms with E-state index in [1.165, 1.54) is 83.1 Å². The van der Waals surface area contributed by atoms with Gasteiger partial charge in [0, 0.05) is 16.5 Å². The van der Waals surface area contributed by atoms with Crippen LogP contribution in [-0.2, 0) is 5.41 Å². The van der Waals surface area contributed by atoms with E-state index >= 15 is 0 Å². The lowest BCUT2D eigenvalue weighted by Gasteiger charge is -2.45. The van der Waals surface area contributed by atoms with Gasteiger partial charge in [0.2, 0.25) is 0 Å². The Morgan fingerprint density at radius 2 is 1.22 bits per heavy atom. The Kier molecular flexibility index (Phi) is 5.40. The third kappa shape index (κ3) is 3.53. The molecule has 228 valence electrons. The van der Waals surface area contributed by atoms with Crippen LogP contribution in [0.3, 0.4) is 0 Å². The molecule has 0 atom stereocenters. The van der Waals surface area contributed by atoms with Crippen molar-refractivity contribution in [2.75, 3.05) is 4.90 Å². The lowest BCUT2D eigenvalue weighted by atomic mass is 9.64. The van der Waals surface area contributed by atoms with E-state index in [1.54, 1.807) is 0 Å². The van der Waals surface area contributed by atoms with Crippen molar-refractivity contribution in [2.24, 2.45) is 4.99 Å². The Balaban J connectivity index is 1.14. The summed E-state index contributed by atoms with van der Waals surface area (Å²) in [5, 5.41) is 4.84. The zero-order chi connectivity index (χ0) is 32.1. The molecular weight excluding hydrogens is 593 g/mol. The van der Waals surface area contributed by atoms with Crippen LogP contribution in [0.5, 0.6) is 0 Å². The molecule has 0 saturated heterocycles. The molecule has 7 aromatic carbocycles. The molecule has 49 heavy (non-hydrogen) atoms. The molecule has 0 radical (unpaired) electrons. The highest BCUT2D eigenvalue weighted by Crippen LogP contribution is 2.63.